The third kappa shape index (κ3) is 3.76. The predicted octanol–water partition coefficient (Wildman–Crippen LogP) is 3.58. The predicted molar refractivity (Wildman–Crippen MR) is 87.6 cm³/mol. The molecule has 0 aliphatic rings. The van der Waals surface area contributed by atoms with Crippen molar-refractivity contribution in [3.63, 3.8) is 0 Å². The fraction of sp³-hybridized carbons (Fsp3) is 0.188. The third-order valence-electron chi connectivity index (χ3n) is 3.06. The Morgan fingerprint density at radius 3 is 2.61 bits per heavy atom. The summed E-state index contributed by atoms with van der Waals surface area (Å²) in [7, 11) is 1.63. The summed E-state index contributed by atoms with van der Waals surface area (Å²) in [6.07, 6.45) is 0. The van der Waals surface area contributed by atoms with E-state index in [2.05, 4.69) is 25.8 Å². The SMILES string of the molecule is COc1cccc(Nc2nc(C)cc(Nc3cc(C)on3)n2)c1. The van der Waals surface area contributed by atoms with Gasteiger partial charge in [-0.05, 0) is 26.0 Å². The Kier molecular flexibility index (Phi) is 4.09. The lowest BCUT2D eigenvalue weighted by atomic mass is 10.3. The van der Waals surface area contributed by atoms with E-state index in [0.717, 1.165) is 22.9 Å². The minimum absolute atomic E-state index is 0.487. The van der Waals surface area contributed by atoms with Crippen molar-refractivity contribution in [3.8, 4) is 5.75 Å². The Morgan fingerprint density at radius 2 is 1.87 bits per heavy atom. The molecule has 23 heavy (non-hydrogen) atoms. The number of aromatic nitrogens is 3. The molecule has 2 aromatic heterocycles. The second kappa shape index (κ2) is 6.35. The van der Waals surface area contributed by atoms with Crippen molar-refractivity contribution in [1.29, 1.82) is 0 Å². The number of rotatable bonds is 5. The summed E-state index contributed by atoms with van der Waals surface area (Å²) >= 11 is 0. The maximum absolute atomic E-state index is 5.21. The molecule has 2 N–H and O–H groups in total. The molecule has 0 saturated carbocycles. The van der Waals surface area contributed by atoms with Crippen LogP contribution in [0.1, 0.15) is 11.5 Å². The summed E-state index contributed by atoms with van der Waals surface area (Å²) in [5.74, 6) is 3.22. The summed E-state index contributed by atoms with van der Waals surface area (Å²) < 4.78 is 10.2. The lowest BCUT2D eigenvalue weighted by Crippen LogP contribution is -2.02. The summed E-state index contributed by atoms with van der Waals surface area (Å²) in [6, 6.07) is 11.2. The Bertz CT molecular complexity index is 816. The van der Waals surface area contributed by atoms with Gasteiger partial charge in [-0.3, -0.25) is 0 Å². The van der Waals surface area contributed by atoms with Crippen molar-refractivity contribution < 1.29 is 9.26 Å². The van der Waals surface area contributed by atoms with E-state index in [1.165, 1.54) is 0 Å². The van der Waals surface area contributed by atoms with E-state index < -0.39 is 0 Å². The van der Waals surface area contributed by atoms with E-state index in [-0.39, 0.29) is 0 Å². The molecule has 0 aliphatic heterocycles. The van der Waals surface area contributed by atoms with Crippen LogP contribution in [-0.4, -0.2) is 22.2 Å². The number of benzene rings is 1. The molecule has 0 amide bonds. The molecule has 0 atom stereocenters. The second-order valence-corrected chi connectivity index (χ2v) is 5.02. The van der Waals surface area contributed by atoms with Crippen molar-refractivity contribution in [2.75, 3.05) is 17.7 Å². The van der Waals surface area contributed by atoms with E-state index in [9.17, 15) is 0 Å². The van der Waals surface area contributed by atoms with Gasteiger partial charge in [0.15, 0.2) is 5.82 Å². The summed E-state index contributed by atoms with van der Waals surface area (Å²) in [6.45, 7) is 3.73. The van der Waals surface area contributed by atoms with Gasteiger partial charge in [0.2, 0.25) is 5.95 Å². The van der Waals surface area contributed by atoms with E-state index in [1.54, 1.807) is 13.2 Å². The molecule has 118 valence electrons. The van der Waals surface area contributed by atoms with Crippen LogP contribution in [0.25, 0.3) is 0 Å². The van der Waals surface area contributed by atoms with Gasteiger partial charge in [-0.25, -0.2) is 4.98 Å². The van der Waals surface area contributed by atoms with Gasteiger partial charge in [0, 0.05) is 29.6 Å². The Balaban J connectivity index is 1.82. The second-order valence-electron chi connectivity index (χ2n) is 5.02. The van der Waals surface area contributed by atoms with Gasteiger partial charge in [0.1, 0.15) is 17.3 Å². The minimum atomic E-state index is 0.487. The molecule has 1 aromatic carbocycles. The Labute approximate surface area is 133 Å². The van der Waals surface area contributed by atoms with Gasteiger partial charge in [-0.1, -0.05) is 11.2 Å². The zero-order valence-electron chi connectivity index (χ0n) is 13.1. The highest BCUT2D eigenvalue weighted by Crippen LogP contribution is 2.21. The van der Waals surface area contributed by atoms with Gasteiger partial charge >= 0.3 is 0 Å². The molecule has 3 rings (SSSR count). The molecule has 0 saturated heterocycles. The largest absolute Gasteiger partial charge is 0.497 e. The first kappa shape index (κ1) is 14.8. The van der Waals surface area contributed by atoms with Crippen LogP contribution in [0.15, 0.2) is 40.9 Å². The first-order chi connectivity index (χ1) is 11.1. The average molecular weight is 311 g/mol. The summed E-state index contributed by atoms with van der Waals surface area (Å²) in [4.78, 5) is 8.82. The van der Waals surface area contributed by atoms with Crippen LogP contribution in [0.3, 0.4) is 0 Å². The lowest BCUT2D eigenvalue weighted by molar-refractivity contribution is 0.400. The number of nitrogens with one attached hydrogen (secondary N) is 2. The molecular weight excluding hydrogens is 294 g/mol. The summed E-state index contributed by atoms with van der Waals surface area (Å²) in [5.41, 5.74) is 1.67. The number of methoxy groups -OCH3 is 1. The average Bonchev–Trinajstić information content (AvgIpc) is 2.92. The number of hydrogen-bond donors (Lipinski definition) is 2. The highest BCUT2D eigenvalue weighted by molar-refractivity contribution is 5.59. The smallest absolute Gasteiger partial charge is 0.229 e. The highest BCUT2D eigenvalue weighted by Gasteiger charge is 2.06. The number of aryl methyl sites for hydroxylation is 2. The monoisotopic (exact) mass is 311 g/mol. The molecule has 0 aliphatic carbocycles. The van der Waals surface area contributed by atoms with Crippen LogP contribution in [0.2, 0.25) is 0 Å². The van der Waals surface area contributed by atoms with E-state index in [0.29, 0.717) is 17.6 Å². The maximum atomic E-state index is 5.21. The summed E-state index contributed by atoms with van der Waals surface area (Å²) in [5, 5.41) is 10.2. The molecule has 0 unspecified atom stereocenters. The topological polar surface area (TPSA) is 85.1 Å². The number of ether oxygens (including phenoxy) is 1. The molecule has 7 heteroatoms. The molecular formula is C16H17N5O2. The van der Waals surface area contributed by atoms with Crippen LogP contribution in [0, 0.1) is 13.8 Å². The van der Waals surface area contributed by atoms with Gasteiger partial charge < -0.3 is 19.9 Å². The quantitative estimate of drug-likeness (QED) is 0.745. The van der Waals surface area contributed by atoms with Crippen LogP contribution < -0.4 is 15.4 Å². The van der Waals surface area contributed by atoms with Crippen molar-refractivity contribution in [1.82, 2.24) is 15.1 Å². The van der Waals surface area contributed by atoms with Gasteiger partial charge in [-0.15, -0.1) is 0 Å². The molecule has 0 radical (unpaired) electrons. The van der Waals surface area contributed by atoms with Crippen molar-refractivity contribution in [3.05, 3.63) is 47.9 Å². The molecule has 0 spiro atoms. The van der Waals surface area contributed by atoms with E-state index in [1.807, 2.05) is 44.2 Å². The molecule has 0 bridgehead atoms. The standard InChI is InChI=1S/C16H17N5O2/c1-10-7-14(19-15-8-11(2)23-21-15)20-16(17-10)18-12-5-4-6-13(9-12)22-3/h4-9H,1-3H3,(H2,17,18,19,20,21). The van der Waals surface area contributed by atoms with Crippen LogP contribution in [0.5, 0.6) is 5.75 Å². The third-order valence-corrected chi connectivity index (χ3v) is 3.06. The zero-order chi connectivity index (χ0) is 16.2. The Hall–Kier alpha value is -3.09. The van der Waals surface area contributed by atoms with Gasteiger partial charge in [0.25, 0.3) is 0 Å². The first-order valence-electron chi connectivity index (χ1n) is 7.09. The maximum Gasteiger partial charge on any atom is 0.229 e. The van der Waals surface area contributed by atoms with Crippen molar-refractivity contribution in [2.24, 2.45) is 0 Å². The molecule has 3 aromatic rings. The van der Waals surface area contributed by atoms with Gasteiger partial charge in [0.05, 0.1) is 7.11 Å². The van der Waals surface area contributed by atoms with Crippen LogP contribution in [-0.2, 0) is 0 Å². The van der Waals surface area contributed by atoms with Crippen LogP contribution >= 0.6 is 0 Å². The van der Waals surface area contributed by atoms with Crippen LogP contribution in [0.4, 0.5) is 23.3 Å². The number of hydrogen-bond acceptors (Lipinski definition) is 7. The molecule has 7 nitrogen and oxygen atoms in total. The fourth-order valence-corrected chi connectivity index (χ4v) is 2.07. The van der Waals surface area contributed by atoms with E-state index in [4.69, 9.17) is 9.26 Å². The Morgan fingerprint density at radius 1 is 1.00 bits per heavy atom. The van der Waals surface area contributed by atoms with Crippen molar-refractivity contribution in [2.45, 2.75) is 13.8 Å². The van der Waals surface area contributed by atoms with E-state index >= 15 is 0 Å². The molecule has 2 heterocycles. The molecule has 0 fully saturated rings. The van der Waals surface area contributed by atoms with Crippen molar-refractivity contribution >= 4 is 23.3 Å². The normalized spacial score (nSPS) is 10.4. The minimum Gasteiger partial charge on any atom is -0.497 e. The first-order valence-corrected chi connectivity index (χ1v) is 7.09. The number of anilines is 4. The highest BCUT2D eigenvalue weighted by atomic mass is 16.5. The fourth-order valence-electron chi connectivity index (χ4n) is 2.07. The lowest BCUT2D eigenvalue weighted by Gasteiger charge is -2.09. The van der Waals surface area contributed by atoms with Gasteiger partial charge in [-0.2, -0.15) is 4.98 Å². The number of nitrogens with zero attached hydrogens (tertiary/aromatic N) is 3. The zero-order valence-corrected chi connectivity index (χ0v) is 13.1.